The average molecular weight is 422 g/mol. The molecule has 0 saturated carbocycles. The molecule has 31 heavy (non-hydrogen) atoms. The Labute approximate surface area is 178 Å². The Kier molecular flexibility index (Phi) is 6.08. The van der Waals surface area contributed by atoms with Gasteiger partial charge in [-0.2, -0.15) is 0 Å². The SMILES string of the molecule is CN(C)CCCOc1cnc(-c2cccc(Cn3c(=O)oc4cc(F)ccc43)c2)nc1. The molecule has 0 unspecified atom stereocenters. The van der Waals surface area contributed by atoms with Gasteiger partial charge in [-0.3, -0.25) is 4.57 Å². The molecule has 0 N–H and O–H groups in total. The van der Waals surface area contributed by atoms with E-state index in [-0.39, 0.29) is 5.58 Å². The van der Waals surface area contributed by atoms with E-state index < -0.39 is 11.6 Å². The van der Waals surface area contributed by atoms with Crippen LogP contribution in [0, 0.1) is 5.82 Å². The van der Waals surface area contributed by atoms with Gasteiger partial charge in [0, 0.05) is 18.2 Å². The summed E-state index contributed by atoms with van der Waals surface area (Å²) in [5, 5.41) is 0. The molecule has 0 fully saturated rings. The fourth-order valence-electron chi connectivity index (χ4n) is 3.29. The maximum atomic E-state index is 13.4. The molecule has 0 saturated heterocycles. The number of halogens is 1. The van der Waals surface area contributed by atoms with Crippen LogP contribution >= 0.6 is 0 Å². The summed E-state index contributed by atoms with van der Waals surface area (Å²) < 4.78 is 25.7. The van der Waals surface area contributed by atoms with Gasteiger partial charge in [0.25, 0.3) is 0 Å². The minimum Gasteiger partial charge on any atom is -0.490 e. The van der Waals surface area contributed by atoms with Gasteiger partial charge in [0.2, 0.25) is 0 Å². The van der Waals surface area contributed by atoms with E-state index in [1.165, 1.54) is 16.7 Å². The molecule has 2 aromatic carbocycles. The fraction of sp³-hybridized carbons (Fsp3) is 0.261. The van der Waals surface area contributed by atoms with Crippen LogP contribution in [0.1, 0.15) is 12.0 Å². The molecule has 2 heterocycles. The molecule has 0 bridgehead atoms. The number of fused-ring (bicyclic) bond motifs is 1. The van der Waals surface area contributed by atoms with Crippen molar-refractivity contribution in [3.8, 4) is 17.1 Å². The number of hydrogen-bond donors (Lipinski definition) is 0. The number of rotatable bonds is 8. The van der Waals surface area contributed by atoms with Gasteiger partial charge >= 0.3 is 5.76 Å². The van der Waals surface area contributed by atoms with E-state index in [0.717, 1.165) is 24.1 Å². The quantitative estimate of drug-likeness (QED) is 0.404. The molecule has 0 spiro atoms. The summed E-state index contributed by atoms with van der Waals surface area (Å²) in [6.45, 7) is 1.85. The predicted molar refractivity (Wildman–Crippen MR) is 116 cm³/mol. The average Bonchev–Trinajstić information content (AvgIpc) is 3.06. The molecule has 2 aromatic heterocycles. The number of benzene rings is 2. The first-order valence-electron chi connectivity index (χ1n) is 9.97. The minimum absolute atomic E-state index is 0.227. The summed E-state index contributed by atoms with van der Waals surface area (Å²) in [6.07, 6.45) is 4.24. The fourth-order valence-corrected chi connectivity index (χ4v) is 3.29. The Balaban J connectivity index is 1.49. The highest BCUT2D eigenvalue weighted by atomic mass is 19.1. The van der Waals surface area contributed by atoms with Crippen LogP contribution in [0.3, 0.4) is 0 Å². The van der Waals surface area contributed by atoms with Gasteiger partial charge in [-0.05, 0) is 44.3 Å². The lowest BCUT2D eigenvalue weighted by Gasteiger charge is -2.10. The van der Waals surface area contributed by atoms with Crippen LogP contribution in [0.25, 0.3) is 22.5 Å². The molecule has 0 radical (unpaired) electrons. The second-order valence-corrected chi connectivity index (χ2v) is 7.51. The van der Waals surface area contributed by atoms with Gasteiger partial charge in [0.05, 0.1) is 31.1 Å². The molecule has 160 valence electrons. The van der Waals surface area contributed by atoms with Gasteiger partial charge in [0.15, 0.2) is 17.2 Å². The minimum atomic E-state index is -0.530. The number of hydrogen-bond acceptors (Lipinski definition) is 6. The van der Waals surface area contributed by atoms with E-state index in [0.29, 0.717) is 30.2 Å². The highest BCUT2D eigenvalue weighted by Crippen LogP contribution is 2.20. The molecule has 4 rings (SSSR count). The molecular weight excluding hydrogens is 399 g/mol. The topological polar surface area (TPSA) is 73.4 Å². The Morgan fingerprint density at radius 2 is 1.94 bits per heavy atom. The highest BCUT2D eigenvalue weighted by Gasteiger charge is 2.11. The third kappa shape index (κ3) is 4.97. The van der Waals surface area contributed by atoms with E-state index in [2.05, 4.69) is 14.9 Å². The van der Waals surface area contributed by atoms with Crippen molar-refractivity contribution >= 4 is 11.1 Å². The van der Waals surface area contributed by atoms with Crippen molar-refractivity contribution in [2.24, 2.45) is 0 Å². The Morgan fingerprint density at radius 3 is 2.71 bits per heavy atom. The predicted octanol–water partition coefficient (Wildman–Crippen LogP) is 3.57. The number of aromatic nitrogens is 3. The summed E-state index contributed by atoms with van der Waals surface area (Å²) >= 11 is 0. The van der Waals surface area contributed by atoms with Gasteiger partial charge in [0.1, 0.15) is 5.82 Å². The molecule has 8 heteroatoms. The van der Waals surface area contributed by atoms with Crippen molar-refractivity contribution in [2.75, 3.05) is 27.2 Å². The molecule has 0 amide bonds. The van der Waals surface area contributed by atoms with Crippen LogP contribution in [0.5, 0.6) is 5.75 Å². The Bertz CT molecular complexity index is 1230. The largest absolute Gasteiger partial charge is 0.490 e. The molecule has 0 aliphatic heterocycles. The van der Waals surface area contributed by atoms with E-state index in [1.54, 1.807) is 18.5 Å². The number of oxazole rings is 1. The molecular formula is C23H23FN4O3. The zero-order chi connectivity index (χ0) is 21.8. The molecule has 7 nitrogen and oxygen atoms in total. The standard InChI is InChI=1S/C23H23FN4O3/c1-27(2)9-4-10-30-19-13-25-22(26-14-19)17-6-3-5-16(11-17)15-28-20-8-7-18(24)12-21(20)31-23(28)29/h3,5-8,11-14H,4,9-10,15H2,1-2H3. The van der Waals surface area contributed by atoms with Gasteiger partial charge in [-0.15, -0.1) is 0 Å². The van der Waals surface area contributed by atoms with Crippen molar-refractivity contribution in [1.82, 2.24) is 19.4 Å². The third-order valence-electron chi connectivity index (χ3n) is 4.80. The Hall–Kier alpha value is -3.52. The molecule has 0 aliphatic carbocycles. The summed E-state index contributed by atoms with van der Waals surface area (Å²) in [6, 6.07) is 11.7. The van der Waals surface area contributed by atoms with E-state index in [9.17, 15) is 9.18 Å². The third-order valence-corrected chi connectivity index (χ3v) is 4.80. The van der Waals surface area contributed by atoms with Crippen molar-refractivity contribution < 1.29 is 13.5 Å². The first-order chi connectivity index (χ1) is 15.0. The summed E-state index contributed by atoms with van der Waals surface area (Å²) in [5.74, 6) is 0.215. The number of nitrogens with zero attached hydrogens (tertiary/aromatic N) is 4. The summed E-state index contributed by atoms with van der Waals surface area (Å²) in [5.41, 5.74) is 2.47. The first-order valence-corrected chi connectivity index (χ1v) is 9.97. The van der Waals surface area contributed by atoms with Crippen molar-refractivity contribution in [3.63, 3.8) is 0 Å². The van der Waals surface area contributed by atoms with Crippen molar-refractivity contribution in [2.45, 2.75) is 13.0 Å². The lowest BCUT2D eigenvalue weighted by molar-refractivity contribution is 0.280. The van der Waals surface area contributed by atoms with Crippen LogP contribution in [0.2, 0.25) is 0 Å². The van der Waals surface area contributed by atoms with Crippen LogP contribution in [-0.4, -0.2) is 46.7 Å². The Morgan fingerprint density at radius 1 is 1.13 bits per heavy atom. The van der Waals surface area contributed by atoms with Crippen LogP contribution in [0.15, 0.2) is 64.1 Å². The zero-order valence-electron chi connectivity index (χ0n) is 17.4. The zero-order valence-corrected chi connectivity index (χ0v) is 17.4. The maximum absolute atomic E-state index is 13.4. The number of ether oxygens (including phenoxy) is 1. The molecule has 0 atom stereocenters. The lowest BCUT2D eigenvalue weighted by atomic mass is 10.1. The van der Waals surface area contributed by atoms with E-state index in [1.807, 2.05) is 38.4 Å². The second kappa shape index (κ2) is 9.09. The van der Waals surface area contributed by atoms with Crippen molar-refractivity contribution in [3.05, 3.63) is 76.8 Å². The highest BCUT2D eigenvalue weighted by molar-refractivity contribution is 5.73. The summed E-state index contributed by atoms with van der Waals surface area (Å²) in [4.78, 5) is 23.1. The second-order valence-electron chi connectivity index (χ2n) is 7.51. The molecule has 4 aromatic rings. The van der Waals surface area contributed by atoms with Crippen LogP contribution in [0.4, 0.5) is 4.39 Å². The monoisotopic (exact) mass is 422 g/mol. The van der Waals surface area contributed by atoms with E-state index in [4.69, 9.17) is 9.15 Å². The summed E-state index contributed by atoms with van der Waals surface area (Å²) in [7, 11) is 4.05. The smallest absolute Gasteiger partial charge is 0.420 e. The van der Waals surface area contributed by atoms with Crippen LogP contribution in [-0.2, 0) is 6.54 Å². The molecule has 0 aliphatic rings. The van der Waals surface area contributed by atoms with Gasteiger partial charge < -0.3 is 14.1 Å². The lowest BCUT2D eigenvalue weighted by Crippen LogP contribution is -2.15. The van der Waals surface area contributed by atoms with Gasteiger partial charge in [-0.25, -0.2) is 19.2 Å². The maximum Gasteiger partial charge on any atom is 0.420 e. The van der Waals surface area contributed by atoms with Crippen molar-refractivity contribution in [1.29, 1.82) is 0 Å². The van der Waals surface area contributed by atoms with E-state index >= 15 is 0 Å². The van der Waals surface area contributed by atoms with Crippen LogP contribution < -0.4 is 10.5 Å². The normalized spacial score (nSPS) is 11.4. The van der Waals surface area contributed by atoms with Gasteiger partial charge in [-0.1, -0.05) is 18.2 Å². The first kappa shape index (κ1) is 20.7.